The van der Waals surface area contributed by atoms with Crippen molar-refractivity contribution in [3.8, 4) is 22.5 Å². The molecule has 236 valence electrons. The number of aromatic nitrogens is 4. The highest BCUT2D eigenvalue weighted by Gasteiger charge is 2.33. The molecule has 0 saturated heterocycles. The zero-order valence-electron chi connectivity index (χ0n) is 25.3. The van der Waals surface area contributed by atoms with Crippen LogP contribution >= 0.6 is 0 Å². The number of aliphatic carboxylic acids is 1. The number of rotatable bonds is 17. The van der Waals surface area contributed by atoms with Crippen LogP contribution in [0.15, 0.2) is 48.5 Å². The lowest BCUT2D eigenvalue weighted by molar-refractivity contribution is -0.145. The standard InChI is InChI=1S/C31H41N7O6/c1-4-5-8-17-38(31(43)26(15-16-27(39)40)32-29(41)25(18-20(2)3)30(42)35-44)19-21-11-13-22(14-12-21)23-9-6-7-10-24(23)28-33-36-37-34-28/h6-7,9-14,20,25-26,44H,4-5,8,15-19H2,1-3H3,(H,32,41)(H,35,42)(H,39,40)(H,33,34,36,37). The third kappa shape index (κ3) is 9.69. The van der Waals surface area contributed by atoms with Gasteiger partial charge in [0.05, 0.1) is 0 Å². The number of nitrogens with one attached hydrogen (secondary N) is 3. The Kier molecular flexibility index (Phi) is 13.0. The van der Waals surface area contributed by atoms with Crippen LogP contribution in [-0.2, 0) is 25.7 Å². The fourth-order valence-corrected chi connectivity index (χ4v) is 4.94. The minimum atomic E-state index is -1.24. The van der Waals surface area contributed by atoms with Crippen molar-refractivity contribution >= 4 is 23.7 Å². The fraction of sp³-hybridized carbons (Fsp3) is 0.452. The first-order valence-corrected chi connectivity index (χ1v) is 14.8. The highest BCUT2D eigenvalue weighted by Crippen LogP contribution is 2.30. The second-order valence-electron chi connectivity index (χ2n) is 11.1. The largest absolute Gasteiger partial charge is 0.481 e. The number of tetrazole rings is 1. The van der Waals surface area contributed by atoms with Crippen molar-refractivity contribution in [1.29, 1.82) is 0 Å². The number of amides is 3. The molecule has 1 aromatic heterocycles. The van der Waals surface area contributed by atoms with E-state index in [0.29, 0.717) is 12.4 Å². The van der Waals surface area contributed by atoms with Crippen LogP contribution in [-0.4, -0.2) is 72.1 Å². The minimum Gasteiger partial charge on any atom is -0.481 e. The lowest BCUT2D eigenvalue weighted by Crippen LogP contribution is -2.52. The number of carbonyl (C=O) groups is 4. The number of unbranched alkanes of at least 4 members (excludes halogenated alkanes) is 2. The van der Waals surface area contributed by atoms with Crippen LogP contribution in [0.25, 0.3) is 22.5 Å². The predicted molar refractivity (Wildman–Crippen MR) is 162 cm³/mol. The molecule has 13 heteroatoms. The van der Waals surface area contributed by atoms with E-state index in [0.717, 1.165) is 41.5 Å². The average Bonchev–Trinajstić information content (AvgIpc) is 3.56. The number of hydroxylamine groups is 1. The summed E-state index contributed by atoms with van der Waals surface area (Å²) in [4.78, 5) is 52.3. The van der Waals surface area contributed by atoms with E-state index in [2.05, 4.69) is 25.9 Å². The predicted octanol–water partition coefficient (Wildman–Crippen LogP) is 3.57. The monoisotopic (exact) mass is 607 g/mol. The summed E-state index contributed by atoms with van der Waals surface area (Å²) in [6, 6.07) is 14.2. The molecule has 13 nitrogen and oxygen atoms in total. The van der Waals surface area contributed by atoms with Gasteiger partial charge >= 0.3 is 5.97 Å². The van der Waals surface area contributed by atoms with Crippen molar-refractivity contribution in [3.63, 3.8) is 0 Å². The zero-order chi connectivity index (χ0) is 32.1. The van der Waals surface area contributed by atoms with Crippen molar-refractivity contribution in [2.24, 2.45) is 11.8 Å². The van der Waals surface area contributed by atoms with Gasteiger partial charge in [-0.3, -0.25) is 24.4 Å². The molecule has 0 saturated carbocycles. The fourth-order valence-electron chi connectivity index (χ4n) is 4.94. The molecule has 0 bridgehead atoms. The van der Waals surface area contributed by atoms with E-state index in [1.54, 1.807) is 4.90 Å². The molecule has 5 N–H and O–H groups in total. The van der Waals surface area contributed by atoms with Gasteiger partial charge in [-0.25, -0.2) is 5.48 Å². The second-order valence-corrected chi connectivity index (χ2v) is 11.1. The van der Waals surface area contributed by atoms with Crippen LogP contribution in [0.2, 0.25) is 0 Å². The van der Waals surface area contributed by atoms with Crippen LogP contribution < -0.4 is 10.8 Å². The van der Waals surface area contributed by atoms with Gasteiger partial charge in [0.2, 0.25) is 17.6 Å². The molecule has 2 atom stereocenters. The van der Waals surface area contributed by atoms with Crippen LogP contribution in [0.1, 0.15) is 64.9 Å². The van der Waals surface area contributed by atoms with E-state index in [4.69, 9.17) is 0 Å². The van der Waals surface area contributed by atoms with Crippen LogP contribution in [0, 0.1) is 11.8 Å². The number of carboxylic acid groups (broad SMARTS) is 1. The van der Waals surface area contributed by atoms with Gasteiger partial charge in [-0.05, 0) is 47.1 Å². The third-order valence-electron chi connectivity index (χ3n) is 7.21. The van der Waals surface area contributed by atoms with Crippen molar-refractivity contribution in [1.82, 2.24) is 36.3 Å². The molecular formula is C31H41N7O6. The van der Waals surface area contributed by atoms with Crippen molar-refractivity contribution in [2.45, 2.75) is 71.9 Å². The maximum atomic E-state index is 13.9. The quantitative estimate of drug-likeness (QED) is 0.0661. The average molecular weight is 608 g/mol. The number of H-pyrrole nitrogens is 1. The lowest BCUT2D eigenvalue weighted by Gasteiger charge is -2.29. The van der Waals surface area contributed by atoms with Crippen LogP contribution in [0.5, 0.6) is 0 Å². The molecule has 0 radical (unpaired) electrons. The van der Waals surface area contributed by atoms with E-state index in [1.807, 2.05) is 69.3 Å². The first kappa shape index (κ1) is 33.8. The van der Waals surface area contributed by atoms with E-state index in [-0.39, 0.29) is 31.7 Å². The Morgan fingerprint density at radius 1 is 0.977 bits per heavy atom. The number of nitrogens with zero attached hydrogens (tertiary/aromatic N) is 4. The number of aromatic amines is 1. The number of carboxylic acids is 1. The molecule has 0 spiro atoms. The molecule has 0 fully saturated rings. The zero-order valence-corrected chi connectivity index (χ0v) is 25.3. The van der Waals surface area contributed by atoms with Gasteiger partial charge in [0.1, 0.15) is 12.0 Å². The molecule has 3 rings (SSSR count). The summed E-state index contributed by atoms with van der Waals surface area (Å²) < 4.78 is 0. The van der Waals surface area contributed by atoms with Gasteiger partial charge < -0.3 is 15.3 Å². The van der Waals surface area contributed by atoms with Gasteiger partial charge in [-0.15, -0.1) is 10.2 Å². The van der Waals surface area contributed by atoms with Crippen molar-refractivity contribution in [2.75, 3.05) is 6.54 Å². The molecule has 44 heavy (non-hydrogen) atoms. The van der Waals surface area contributed by atoms with E-state index in [1.165, 1.54) is 5.48 Å². The molecule has 3 amide bonds. The molecular weight excluding hydrogens is 566 g/mol. The van der Waals surface area contributed by atoms with E-state index >= 15 is 0 Å². The number of hydrogen-bond donors (Lipinski definition) is 5. The molecule has 1 heterocycles. The lowest BCUT2D eigenvalue weighted by atomic mass is 9.95. The maximum absolute atomic E-state index is 13.9. The molecule has 0 aliphatic heterocycles. The van der Waals surface area contributed by atoms with E-state index in [9.17, 15) is 29.5 Å². The first-order chi connectivity index (χ1) is 21.1. The highest BCUT2D eigenvalue weighted by molar-refractivity contribution is 6.01. The summed E-state index contributed by atoms with van der Waals surface area (Å²) in [7, 11) is 0. The summed E-state index contributed by atoms with van der Waals surface area (Å²) in [6.07, 6.45) is 2.18. The van der Waals surface area contributed by atoms with Gasteiger partial charge in [0.25, 0.3) is 5.91 Å². The third-order valence-corrected chi connectivity index (χ3v) is 7.21. The topological polar surface area (TPSA) is 190 Å². The molecule has 3 aromatic rings. The van der Waals surface area contributed by atoms with Crippen LogP contribution in [0.4, 0.5) is 0 Å². The number of carbonyl (C=O) groups excluding carboxylic acids is 3. The molecule has 2 unspecified atom stereocenters. The summed E-state index contributed by atoms with van der Waals surface area (Å²) >= 11 is 0. The SMILES string of the molecule is CCCCCN(Cc1ccc(-c2ccccc2-c2nn[nH]n2)cc1)C(=O)C(CCC(=O)O)NC(=O)C(CC(C)C)C(=O)NO. The molecule has 2 aromatic carbocycles. The first-order valence-electron chi connectivity index (χ1n) is 14.8. The van der Waals surface area contributed by atoms with Gasteiger partial charge in [-0.2, -0.15) is 5.21 Å². The Hall–Kier alpha value is -4.65. The van der Waals surface area contributed by atoms with Crippen molar-refractivity contribution in [3.05, 3.63) is 54.1 Å². The number of benzene rings is 2. The Morgan fingerprint density at radius 3 is 2.27 bits per heavy atom. The summed E-state index contributed by atoms with van der Waals surface area (Å²) in [5, 5.41) is 35.4. The Bertz CT molecular complexity index is 1380. The second kappa shape index (κ2) is 16.8. The van der Waals surface area contributed by atoms with Gasteiger partial charge in [0, 0.05) is 25.1 Å². The summed E-state index contributed by atoms with van der Waals surface area (Å²) in [6.45, 7) is 6.34. The Labute approximate surface area is 256 Å². The van der Waals surface area contributed by atoms with Gasteiger partial charge in [-0.1, -0.05) is 82.1 Å². The van der Waals surface area contributed by atoms with E-state index < -0.39 is 35.7 Å². The Morgan fingerprint density at radius 2 is 1.68 bits per heavy atom. The summed E-state index contributed by atoms with van der Waals surface area (Å²) in [5.74, 6) is -4.00. The summed E-state index contributed by atoms with van der Waals surface area (Å²) in [5.41, 5.74) is 5.01. The van der Waals surface area contributed by atoms with Crippen LogP contribution in [0.3, 0.4) is 0 Å². The van der Waals surface area contributed by atoms with Gasteiger partial charge in [0.15, 0.2) is 0 Å². The Balaban J connectivity index is 1.85. The molecule has 0 aliphatic rings. The number of hydrogen-bond acceptors (Lipinski definition) is 8. The minimum absolute atomic E-state index is 0.0519. The maximum Gasteiger partial charge on any atom is 0.303 e. The molecule has 0 aliphatic carbocycles. The normalized spacial score (nSPS) is 12.4. The smallest absolute Gasteiger partial charge is 0.303 e. The highest BCUT2D eigenvalue weighted by atomic mass is 16.5. The van der Waals surface area contributed by atoms with Crippen molar-refractivity contribution < 1.29 is 29.5 Å².